The first-order chi connectivity index (χ1) is 13.9. The van der Waals surface area contributed by atoms with E-state index < -0.39 is 23.8 Å². The van der Waals surface area contributed by atoms with Gasteiger partial charge in [0.25, 0.3) is 0 Å². The van der Waals surface area contributed by atoms with Crippen LogP contribution in [-0.4, -0.2) is 46.5 Å². The summed E-state index contributed by atoms with van der Waals surface area (Å²) in [4.78, 5) is 24.8. The maximum Gasteiger partial charge on any atom is 0.328 e. The molecule has 0 saturated heterocycles. The van der Waals surface area contributed by atoms with Gasteiger partial charge < -0.3 is 25.4 Å². The molecule has 7 nitrogen and oxygen atoms in total. The summed E-state index contributed by atoms with van der Waals surface area (Å²) >= 11 is 0. The number of phenolic OH excluding ortho intramolecular Hbond substituents is 2. The number of ether oxygens (including phenoxy) is 1. The zero-order chi connectivity index (χ0) is 21.2. The Morgan fingerprint density at radius 2 is 1.79 bits per heavy atom. The molecule has 2 atom stereocenters. The molecule has 0 radical (unpaired) electrons. The number of aliphatic hydroxyl groups is 1. The van der Waals surface area contributed by atoms with Crippen LogP contribution in [0.1, 0.15) is 24.5 Å². The van der Waals surface area contributed by atoms with Crippen molar-refractivity contribution in [1.29, 1.82) is 0 Å². The quantitative estimate of drug-likeness (QED) is 0.452. The maximum absolute atomic E-state index is 12.5. The Morgan fingerprint density at radius 3 is 2.41 bits per heavy atom. The fourth-order valence-electron chi connectivity index (χ4n) is 3.04. The van der Waals surface area contributed by atoms with Gasteiger partial charge in [-0.15, -0.1) is 0 Å². The van der Waals surface area contributed by atoms with E-state index in [-0.39, 0.29) is 37.6 Å². The average Bonchev–Trinajstić information content (AvgIpc) is 2.69. The van der Waals surface area contributed by atoms with Crippen LogP contribution in [-0.2, 0) is 27.2 Å². The Hall–Kier alpha value is -3.06. The summed E-state index contributed by atoms with van der Waals surface area (Å²) in [6.45, 7) is 1.64. The lowest BCUT2D eigenvalue weighted by atomic mass is 9.95. The van der Waals surface area contributed by atoms with E-state index in [1.807, 2.05) is 30.3 Å². The van der Waals surface area contributed by atoms with Gasteiger partial charge in [0.05, 0.1) is 6.61 Å². The molecular weight excluding hydrogens is 374 g/mol. The topological polar surface area (TPSA) is 116 Å². The van der Waals surface area contributed by atoms with Crippen molar-refractivity contribution < 1.29 is 29.6 Å². The molecule has 0 bridgehead atoms. The zero-order valence-corrected chi connectivity index (χ0v) is 16.4. The molecular formula is C22H27NO6. The zero-order valence-electron chi connectivity index (χ0n) is 16.4. The van der Waals surface area contributed by atoms with E-state index in [1.165, 1.54) is 12.1 Å². The van der Waals surface area contributed by atoms with Gasteiger partial charge in [-0.1, -0.05) is 36.4 Å². The van der Waals surface area contributed by atoms with Crippen LogP contribution in [0.4, 0.5) is 0 Å². The smallest absolute Gasteiger partial charge is 0.328 e. The second kappa shape index (κ2) is 11.1. The third-order valence-corrected chi connectivity index (χ3v) is 4.50. The Morgan fingerprint density at radius 1 is 1.07 bits per heavy atom. The van der Waals surface area contributed by atoms with Crippen molar-refractivity contribution in [3.63, 3.8) is 0 Å². The fourth-order valence-corrected chi connectivity index (χ4v) is 3.04. The summed E-state index contributed by atoms with van der Waals surface area (Å²) in [7, 11) is 0. The van der Waals surface area contributed by atoms with E-state index in [0.29, 0.717) is 12.0 Å². The normalized spacial score (nSPS) is 12.8. The minimum atomic E-state index is -0.828. The van der Waals surface area contributed by atoms with E-state index in [1.54, 1.807) is 13.0 Å². The van der Waals surface area contributed by atoms with Crippen molar-refractivity contribution in [2.24, 2.45) is 5.92 Å². The number of rotatable bonds is 10. The Bertz CT molecular complexity index is 808. The highest BCUT2D eigenvalue weighted by Crippen LogP contribution is 2.25. The molecule has 2 aromatic carbocycles. The number of phenols is 2. The van der Waals surface area contributed by atoms with Crippen LogP contribution in [0.25, 0.3) is 0 Å². The standard InChI is InChI=1S/C22H27NO6/c1-2-29-22(28)19(11-15-6-4-3-5-7-15)23-21(27)12-16(14-24)10-17-8-9-18(25)13-20(17)26/h3-9,13,16,19,24-26H,2,10-12,14H2,1H3,(H,23,27)/t16?,19-/m0/s1. The maximum atomic E-state index is 12.5. The molecule has 1 amide bonds. The Kier molecular flexibility index (Phi) is 8.48. The van der Waals surface area contributed by atoms with Crippen LogP contribution >= 0.6 is 0 Å². The average molecular weight is 401 g/mol. The van der Waals surface area contributed by atoms with Gasteiger partial charge in [-0.2, -0.15) is 0 Å². The molecule has 1 unspecified atom stereocenters. The molecule has 7 heteroatoms. The van der Waals surface area contributed by atoms with Crippen molar-refractivity contribution in [3.8, 4) is 11.5 Å². The number of aliphatic hydroxyl groups excluding tert-OH is 1. The summed E-state index contributed by atoms with van der Waals surface area (Å²) in [6, 6.07) is 12.7. The number of nitrogens with one attached hydrogen (secondary N) is 1. The van der Waals surface area contributed by atoms with Crippen LogP contribution in [0.3, 0.4) is 0 Å². The van der Waals surface area contributed by atoms with Gasteiger partial charge in [0.15, 0.2) is 0 Å². The number of hydrogen-bond acceptors (Lipinski definition) is 6. The molecule has 0 aliphatic carbocycles. The molecule has 0 aromatic heterocycles. The van der Waals surface area contributed by atoms with Crippen LogP contribution in [0.5, 0.6) is 11.5 Å². The highest BCUT2D eigenvalue weighted by molar-refractivity contribution is 5.84. The van der Waals surface area contributed by atoms with Crippen molar-refractivity contribution in [2.75, 3.05) is 13.2 Å². The molecule has 0 fully saturated rings. The van der Waals surface area contributed by atoms with Gasteiger partial charge in [-0.05, 0) is 36.5 Å². The predicted octanol–water partition coefficient (Wildman–Crippen LogP) is 1.93. The van der Waals surface area contributed by atoms with Gasteiger partial charge in [-0.25, -0.2) is 4.79 Å². The summed E-state index contributed by atoms with van der Waals surface area (Å²) in [5, 5.41) is 31.6. The summed E-state index contributed by atoms with van der Waals surface area (Å²) in [5.74, 6) is -1.53. The van der Waals surface area contributed by atoms with Crippen LogP contribution < -0.4 is 5.32 Å². The number of amides is 1. The summed E-state index contributed by atoms with van der Waals surface area (Å²) < 4.78 is 5.07. The van der Waals surface area contributed by atoms with Crippen LogP contribution in [0.2, 0.25) is 0 Å². The number of carbonyl (C=O) groups excluding carboxylic acids is 2. The molecule has 29 heavy (non-hydrogen) atoms. The first-order valence-corrected chi connectivity index (χ1v) is 9.54. The lowest BCUT2D eigenvalue weighted by molar-refractivity contribution is -0.147. The lowest BCUT2D eigenvalue weighted by Gasteiger charge is -2.20. The molecule has 4 N–H and O–H groups in total. The first-order valence-electron chi connectivity index (χ1n) is 9.54. The minimum Gasteiger partial charge on any atom is -0.508 e. The van der Waals surface area contributed by atoms with Gasteiger partial charge in [0, 0.05) is 25.5 Å². The molecule has 0 aliphatic rings. The second-order valence-electron chi connectivity index (χ2n) is 6.83. The highest BCUT2D eigenvalue weighted by atomic mass is 16.5. The number of esters is 1. The van der Waals surface area contributed by atoms with Crippen LogP contribution in [0, 0.1) is 5.92 Å². The number of benzene rings is 2. The van der Waals surface area contributed by atoms with E-state index in [4.69, 9.17) is 4.74 Å². The molecule has 0 heterocycles. The van der Waals surface area contributed by atoms with E-state index in [2.05, 4.69) is 5.32 Å². The van der Waals surface area contributed by atoms with Gasteiger partial charge >= 0.3 is 5.97 Å². The van der Waals surface area contributed by atoms with Crippen molar-refractivity contribution in [3.05, 3.63) is 59.7 Å². The number of carbonyl (C=O) groups is 2. The van der Waals surface area contributed by atoms with Crippen molar-refractivity contribution in [1.82, 2.24) is 5.32 Å². The Labute approximate surface area is 170 Å². The van der Waals surface area contributed by atoms with Gasteiger partial charge in [-0.3, -0.25) is 4.79 Å². The monoisotopic (exact) mass is 401 g/mol. The van der Waals surface area contributed by atoms with Crippen molar-refractivity contribution in [2.45, 2.75) is 32.2 Å². The SMILES string of the molecule is CCOC(=O)[C@H](Cc1ccccc1)NC(=O)CC(CO)Cc1ccc(O)cc1O. The number of aromatic hydroxyl groups is 2. The fraction of sp³-hybridized carbons (Fsp3) is 0.364. The highest BCUT2D eigenvalue weighted by Gasteiger charge is 2.24. The third-order valence-electron chi connectivity index (χ3n) is 4.50. The Balaban J connectivity index is 2.01. The molecule has 0 spiro atoms. The van der Waals surface area contributed by atoms with E-state index >= 15 is 0 Å². The summed E-state index contributed by atoms with van der Waals surface area (Å²) in [5.41, 5.74) is 1.40. The molecule has 156 valence electrons. The third kappa shape index (κ3) is 7.12. The van der Waals surface area contributed by atoms with Gasteiger partial charge in [0.2, 0.25) is 5.91 Å². The largest absolute Gasteiger partial charge is 0.508 e. The molecule has 2 aromatic rings. The molecule has 0 aliphatic heterocycles. The summed E-state index contributed by atoms with van der Waals surface area (Å²) in [6.07, 6.45) is 0.522. The van der Waals surface area contributed by atoms with Gasteiger partial charge in [0.1, 0.15) is 17.5 Å². The predicted molar refractivity (Wildman–Crippen MR) is 107 cm³/mol. The lowest BCUT2D eigenvalue weighted by Crippen LogP contribution is -2.44. The molecule has 2 rings (SSSR count). The van der Waals surface area contributed by atoms with Crippen molar-refractivity contribution >= 4 is 11.9 Å². The van der Waals surface area contributed by atoms with E-state index in [9.17, 15) is 24.9 Å². The second-order valence-corrected chi connectivity index (χ2v) is 6.83. The minimum absolute atomic E-state index is 0.0263. The first kappa shape index (κ1) is 22.2. The number of hydrogen-bond donors (Lipinski definition) is 4. The van der Waals surface area contributed by atoms with Crippen LogP contribution in [0.15, 0.2) is 48.5 Å². The molecule has 0 saturated carbocycles. The van der Waals surface area contributed by atoms with E-state index in [0.717, 1.165) is 5.56 Å².